The van der Waals surface area contributed by atoms with Crippen LogP contribution in [0.5, 0.6) is 0 Å². The first-order chi connectivity index (χ1) is 19.8. The molecule has 2 aromatic carbocycles. The first kappa shape index (κ1) is 32.8. The first-order valence-electron chi connectivity index (χ1n) is 12.6. The second-order valence-electron chi connectivity index (χ2n) is 8.89. The third-order valence-electron chi connectivity index (χ3n) is 5.93. The molecule has 0 radical (unpaired) electrons. The Bertz CT molecular complexity index is 1250. The van der Waals surface area contributed by atoms with E-state index >= 15 is 0 Å². The second kappa shape index (κ2) is 15.4. The summed E-state index contributed by atoms with van der Waals surface area (Å²) in [7, 11) is 0. The van der Waals surface area contributed by atoms with E-state index in [1.165, 1.54) is 26.0 Å². The lowest BCUT2D eigenvalue weighted by molar-refractivity contribution is -0.422. The van der Waals surface area contributed by atoms with Gasteiger partial charge in [0.05, 0.1) is 19.7 Å². The van der Waals surface area contributed by atoms with Crippen LogP contribution in [0.1, 0.15) is 62.9 Å². The predicted octanol–water partition coefficient (Wildman–Crippen LogP) is 5.15. The number of amides is 2. The number of nitrogens with one attached hydrogen (secondary N) is 2. The summed E-state index contributed by atoms with van der Waals surface area (Å²) in [4.78, 5) is 64.6. The summed E-state index contributed by atoms with van der Waals surface area (Å²) in [6.45, 7) is 3.50. The Morgan fingerprint density at radius 3 is 1.26 bits per heavy atom. The average molecular weight is 593 g/mol. The minimum absolute atomic E-state index is 0.219. The Kier molecular flexibility index (Phi) is 12.0. The van der Waals surface area contributed by atoms with Crippen molar-refractivity contribution in [3.05, 3.63) is 88.0 Å². The van der Waals surface area contributed by atoms with Gasteiger partial charge in [0.25, 0.3) is 0 Å². The number of alkyl carbamates (subject to hydrolysis) is 2. The minimum Gasteiger partial charge on any atom is -0.442 e. The van der Waals surface area contributed by atoms with Crippen molar-refractivity contribution in [2.75, 3.05) is 13.1 Å². The fourth-order valence-corrected chi connectivity index (χ4v) is 3.71. The van der Waals surface area contributed by atoms with Gasteiger partial charge < -0.3 is 20.1 Å². The Hall–Kier alpha value is -5.42. The summed E-state index contributed by atoms with van der Waals surface area (Å²) >= 11 is 0. The summed E-state index contributed by atoms with van der Waals surface area (Å²) in [6.07, 6.45) is -0.740. The first-order valence-corrected chi connectivity index (χ1v) is 12.6. The van der Waals surface area contributed by atoms with Gasteiger partial charge in [-0.15, -0.1) is 0 Å². The number of carbonyl (C=O) groups excluding carboxylic acids is 2. The molecule has 0 fully saturated rings. The van der Waals surface area contributed by atoms with E-state index in [0.29, 0.717) is 25.7 Å². The topological polar surface area (TPSA) is 249 Å². The van der Waals surface area contributed by atoms with Crippen molar-refractivity contribution in [3.8, 4) is 0 Å². The van der Waals surface area contributed by atoms with Crippen LogP contribution in [0.15, 0.2) is 36.4 Å². The summed E-state index contributed by atoms with van der Waals surface area (Å²) in [5.74, 6) is 0. The van der Waals surface area contributed by atoms with Crippen LogP contribution < -0.4 is 10.6 Å². The lowest BCUT2D eigenvalue weighted by atomic mass is 10.1. The van der Waals surface area contributed by atoms with Crippen molar-refractivity contribution in [2.24, 2.45) is 0 Å². The van der Waals surface area contributed by atoms with E-state index in [0.717, 1.165) is 24.3 Å². The third-order valence-corrected chi connectivity index (χ3v) is 5.93. The summed E-state index contributed by atoms with van der Waals surface area (Å²) in [5.41, 5.74) is -2.31. The summed E-state index contributed by atoms with van der Waals surface area (Å²) < 4.78 is 10.3. The number of ether oxygens (including phenoxy) is 2. The Morgan fingerprint density at radius 1 is 0.619 bits per heavy atom. The highest BCUT2D eigenvalue weighted by atomic mass is 16.6. The zero-order chi connectivity index (χ0) is 31.4. The lowest BCUT2D eigenvalue weighted by Crippen LogP contribution is -2.27. The van der Waals surface area contributed by atoms with Gasteiger partial charge in [-0.3, -0.25) is 40.5 Å². The fourth-order valence-electron chi connectivity index (χ4n) is 3.71. The van der Waals surface area contributed by atoms with Crippen molar-refractivity contribution in [3.63, 3.8) is 0 Å². The molecule has 2 aromatic rings. The number of unbranched alkanes of at least 4 members (excludes halogenated alkanes) is 3. The number of benzene rings is 2. The van der Waals surface area contributed by atoms with E-state index in [1.807, 2.05) is 0 Å². The van der Waals surface area contributed by atoms with Gasteiger partial charge in [-0.1, -0.05) is 12.8 Å². The zero-order valence-electron chi connectivity index (χ0n) is 22.5. The molecule has 42 heavy (non-hydrogen) atoms. The Labute approximate surface area is 237 Å². The summed E-state index contributed by atoms with van der Waals surface area (Å²) in [6, 6.07) is 6.48. The molecule has 0 aromatic heterocycles. The fraction of sp³-hybridized carbons (Fsp3) is 0.417. The number of carbonyl (C=O) groups is 2. The van der Waals surface area contributed by atoms with Crippen LogP contribution in [0.4, 0.5) is 32.3 Å². The number of hydrogen-bond acceptors (Lipinski definition) is 12. The molecule has 0 heterocycles. The predicted molar refractivity (Wildman–Crippen MR) is 144 cm³/mol. The zero-order valence-corrected chi connectivity index (χ0v) is 22.5. The molecule has 18 heteroatoms. The number of nitro groups is 4. The molecule has 2 atom stereocenters. The van der Waals surface area contributed by atoms with Crippen LogP contribution in [0, 0.1) is 40.5 Å². The van der Waals surface area contributed by atoms with Crippen LogP contribution in [0.3, 0.4) is 0 Å². The monoisotopic (exact) mass is 592 g/mol. The maximum Gasteiger partial charge on any atom is 0.407 e. The molecule has 0 aliphatic carbocycles. The highest BCUT2D eigenvalue weighted by molar-refractivity contribution is 5.68. The van der Waals surface area contributed by atoms with Crippen LogP contribution in [0.25, 0.3) is 0 Å². The molecule has 2 unspecified atom stereocenters. The number of nitrogens with zero attached hydrogens (tertiary/aromatic N) is 4. The molecule has 0 bridgehead atoms. The molecule has 0 aliphatic heterocycles. The van der Waals surface area contributed by atoms with E-state index in [9.17, 15) is 50.0 Å². The molecule has 2 rings (SSSR count). The highest BCUT2D eigenvalue weighted by Gasteiger charge is 2.27. The van der Waals surface area contributed by atoms with Crippen molar-refractivity contribution >= 4 is 34.9 Å². The van der Waals surface area contributed by atoms with Gasteiger partial charge in [0.1, 0.15) is 12.2 Å². The van der Waals surface area contributed by atoms with E-state index in [2.05, 4.69) is 10.6 Å². The van der Waals surface area contributed by atoms with Crippen LogP contribution in [-0.2, 0) is 9.47 Å². The Morgan fingerprint density at radius 2 is 0.952 bits per heavy atom. The van der Waals surface area contributed by atoms with Gasteiger partial charge in [-0.05, 0) is 49.9 Å². The van der Waals surface area contributed by atoms with Gasteiger partial charge >= 0.3 is 34.9 Å². The van der Waals surface area contributed by atoms with Gasteiger partial charge in [0.15, 0.2) is 0 Å². The highest BCUT2D eigenvalue weighted by Crippen LogP contribution is 2.32. The van der Waals surface area contributed by atoms with E-state index in [4.69, 9.17) is 9.47 Å². The smallest absolute Gasteiger partial charge is 0.407 e. The number of rotatable bonds is 15. The molecule has 226 valence electrons. The largest absolute Gasteiger partial charge is 0.442 e. The molecule has 18 nitrogen and oxygen atoms in total. The molecule has 0 saturated heterocycles. The SMILES string of the molecule is CC(OC(=O)NCCCCCCNC(=O)OC(C)c1ccc([N+](=O)[O-])c([N+](=O)[O-])c1)c1ccc([N+](=O)[O-])c([N+](=O)[O-])c1. The third kappa shape index (κ3) is 9.65. The van der Waals surface area contributed by atoms with Gasteiger partial charge in [-0.2, -0.15) is 0 Å². The van der Waals surface area contributed by atoms with E-state index in [-0.39, 0.29) is 24.2 Å². The quantitative estimate of drug-likeness (QED) is 0.155. The van der Waals surface area contributed by atoms with Crippen LogP contribution in [-0.4, -0.2) is 45.0 Å². The van der Waals surface area contributed by atoms with Gasteiger partial charge in [-0.25, -0.2) is 9.59 Å². The molecular weight excluding hydrogens is 564 g/mol. The van der Waals surface area contributed by atoms with Gasteiger partial charge in [0.2, 0.25) is 0 Å². The molecule has 0 saturated carbocycles. The van der Waals surface area contributed by atoms with Crippen LogP contribution >= 0.6 is 0 Å². The average Bonchev–Trinajstić information content (AvgIpc) is 2.93. The lowest BCUT2D eigenvalue weighted by Gasteiger charge is -2.14. The normalized spacial score (nSPS) is 12.0. The molecule has 0 aliphatic rings. The van der Waals surface area contributed by atoms with E-state index in [1.54, 1.807) is 0 Å². The standard InChI is InChI=1S/C24H28N6O12/c1-15(17-7-9-19(27(33)34)21(13-17)29(37)38)41-23(31)25-11-5-3-4-6-12-26-24(32)42-16(2)18-8-10-20(28(35)36)22(14-18)30(39)40/h7-10,13-16H,3-6,11-12H2,1-2H3,(H,25,31)(H,26,32). The summed E-state index contributed by atoms with van der Waals surface area (Å²) in [5, 5.41) is 49.1. The molecule has 2 amide bonds. The second-order valence-corrected chi connectivity index (χ2v) is 8.89. The molecule has 0 spiro atoms. The number of hydrogen-bond donors (Lipinski definition) is 2. The van der Waals surface area contributed by atoms with Crippen molar-refractivity contribution in [1.82, 2.24) is 10.6 Å². The van der Waals surface area contributed by atoms with Crippen LogP contribution in [0.2, 0.25) is 0 Å². The van der Waals surface area contributed by atoms with Crippen molar-refractivity contribution in [2.45, 2.75) is 51.7 Å². The maximum atomic E-state index is 12.0. The van der Waals surface area contributed by atoms with Gasteiger partial charge in [0, 0.05) is 37.4 Å². The number of nitro benzene ring substituents is 4. The van der Waals surface area contributed by atoms with Crippen molar-refractivity contribution < 1.29 is 38.8 Å². The molecular formula is C24H28N6O12. The van der Waals surface area contributed by atoms with Crippen molar-refractivity contribution in [1.29, 1.82) is 0 Å². The molecule has 2 N–H and O–H groups in total. The maximum absolute atomic E-state index is 12.0. The van der Waals surface area contributed by atoms with E-state index < -0.39 is 66.8 Å². The Balaban J connectivity index is 1.65. The minimum atomic E-state index is -0.895.